The molecule has 2 aliphatic heterocycles. The van der Waals surface area contributed by atoms with Gasteiger partial charge in [0.15, 0.2) is 5.96 Å². The normalized spacial score (nSPS) is 28.6. The van der Waals surface area contributed by atoms with Crippen LogP contribution in [0.5, 0.6) is 0 Å². The van der Waals surface area contributed by atoms with Crippen molar-refractivity contribution in [3.05, 3.63) is 35.9 Å². The highest BCUT2D eigenvalue weighted by Gasteiger charge is 2.41. The molecule has 0 aromatic heterocycles. The lowest BCUT2D eigenvalue weighted by atomic mass is 9.96. The van der Waals surface area contributed by atoms with Gasteiger partial charge in [0.2, 0.25) is 0 Å². The van der Waals surface area contributed by atoms with Gasteiger partial charge in [0, 0.05) is 19.0 Å². The zero-order chi connectivity index (χ0) is 15.4. The summed E-state index contributed by atoms with van der Waals surface area (Å²) in [5.74, 6) is 1.35. The van der Waals surface area contributed by atoms with Crippen LogP contribution in [0.15, 0.2) is 35.3 Å². The smallest absolute Gasteiger partial charge is 0.191 e. The number of fused-ring (bicyclic) bond motifs is 2. The minimum Gasteiger partial charge on any atom is -0.373 e. The zero-order valence-corrected chi connectivity index (χ0v) is 13.6. The van der Waals surface area contributed by atoms with Crippen LogP contribution in [0.4, 0.5) is 0 Å². The van der Waals surface area contributed by atoms with Crippen molar-refractivity contribution in [2.24, 2.45) is 4.99 Å². The third kappa shape index (κ3) is 3.61. The number of guanidine groups is 1. The SMILES string of the molecule is CCNC(=NCC(C)c1ccccc1)NC1CC2CCC1O2. The van der Waals surface area contributed by atoms with E-state index < -0.39 is 0 Å². The first-order valence-electron chi connectivity index (χ1n) is 8.51. The van der Waals surface area contributed by atoms with Gasteiger partial charge in [-0.3, -0.25) is 4.99 Å². The van der Waals surface area contributed by atoms with Gasteiger partial charge in [0.25, 0.3) is 0 Å². The Morgan fingerprint density at radius 3 is 2.77 bits per heavy atom. The van der Waals surface area contributed by atoms with E-state index in [0.29, 0.717) is 24.2 Å². The van der Waals surface area contributed by atoms with Gasteiger partial charge < -0.3 is 15.4 Å². The molecule has 0 radical (unpaired) electrons. The van der Waals surface area contributed by atoms with Crippen molar-refractivity contribution in [3.8, 4) is 0 Å². The van der Waals surface area contributed by atoms with Crippen molar-refractivity contribution in [1.82, 2.24) is 10.6 Å². The molecule has 4 nitrogen and oxygen atoms in total. The quantitative estimate of drug-likeness (QED) is 0.649. The summed E-state index contributed by atoms with van der Waals surface area (Å²) in [6.07, 6.45) is 4.36. The van der Waals surface area contributed by atoms with Crippen LogP contribution in [0.25, 0.3) is 0 Å². The molecular formula is C18H27N3O. The molecule has 1 aromatic rings. The number of hydrogen-bond acceptors (Lipinski definition) is 2. The summed E-state index contributed by atoms with van der Waals surface area (Å²) < 4.78 is 5.91. The van der Waals surface area contributed by atoms with Crippen LogP contribution in [0.2, 0.25) is 0 Å². The van der Waals surface area contributed by atoms with Crippen molar-refractivity contribution in [2.45, 2.75) is 57.3 Å². The average Bonchev–Trinajstić information content (AvgIpc) is 3.16. The number of benzene rings is 1. The largest absolute Gasteiger partial charge is 0.373 e. The highest BCUT2D eigenvalue weighted by molar-refractivity contribution is 5.80. The van der Waals surface area contributed by atoms with Crippen LogP contribution in [-0.4, -0.2) is 37.3 Å². The molecule has 22 heavy (non-hydrogen) atoms. The molecule has 2 saturated heterocycles. The highest BCUT2D eigenvalue weighted by Crippen LogP contribution is 2.34. The van der Waals surface area contributed by atoms with Crippen molar-refractivity contribution in [3.63, 3.8) is 0 Å². The molecule has 0 aliphatic carbocycles. The van der Waals surface area contributed by atoms with E-state index in [9.17, 15) is 0 Å². The fourth-order valence-corrected chi connectivity index (χ4v) is 3.40. The Labute approximate surface area is 133 Å². The number of hydrogen-bond donors (Lipinski definition) is 2. The maximum Gasteiger partial charge on any atom is 0.191 e. The fraction of sp³-hybridized carbons (Fsp3) is 0.611. The van der Waals surface area contributed by atoms with E-state index in [1.165, 1.54) is 18.4 Å². The summed E-state index contributed by atoms with van der Waals surface area (Å²) in [7, 11) is 0. The lowest BCUT2D eigenvalue weighted by Gasteiger charge is -2.23. The minimum absolute atomic E-state index is 0.375. The first-order chi connectivity index (χ1) is 10.8. The highest BCUT2D eigenvalue weighted by atomic mass is 16.5. The molecule has 2 heterocycles. The van der Waals surface area contributed by atoms with Crippen LogP contribution < -0.4 is 10.6 Å². The van der Waals surface area contributed by atoms with Gasteiger partial charge in [-0.25, -0.2) is 0 Å². The first kappa shape index (κ1) is 15.3. The second-order valence-electron chi connectivity index (χ2n) is 6.39. The number of ether oxygens (including phenoxy) is 1. The van der Waals surface area contributed by atoms with E-state index in [1.54, 1.807) is 0 Å². The predicted molar refractivity (Wildman–Crippen MR) is 90.3 cm³/mol. The molecule has 4 atom stereocenters. The maximum absolute atomic E-state index is 5.91. The second-order valence-corrected chi connectivity index (χ2v) is 6.39. The Balaban J connectivity index is 1.58. The summed E-state index contributed by atoms with van der Waals surface area (Å²) in [4.78, 5) is 4.78. The number of aliphatic imine (C=N–C) groups is 1. The molecule has 0 saturated carbocycles. The summed E-state index contributed by atoms with van der Waals surface area (Å²) in [5, 5.41) is 6.93. The van der Waals surface area contributed by atoms with Gasteiger partial charge in [0.1, 0.15) is 0 Å². The number of rotatable bonds is 5. The van der Waals surface area contributed by atoms with Gasteiger partial charge >= 0.3 is 0 Å². The molecule has 1 aromatic carbocycles. The third-order valence-electron chi connectivity index (χ3n) is 4.66. The molecule has 2 fully saturated rings. The Morgan fingerprint density at radius 2 is 2.14 bits per heavy atom. The molecule has 3 rings (SSSR count). The Hall–Kier alpha value is -1.55. The molecule has 0 spiro atoms. The summed E-state index contributed by atoms with van der Waals surface area (Å²) >= 11 is 0. The van der Waals surface area contributed by atoms with Gasteiger partial charge in [0.05, 0.1) is 18.2 Å². The van der Waals surface area contributed by atoms with Crippen LogP contribution in [0.3, 0.4) is 0 Å². The van der Waals surface area contributed by atoms with E-state index in [1.807, 2.05) is 0 Å². The molecular weight excluding hydrogens is 274 g/mol. The molecule has 2 bridgehead atoms. The fourth-order valence-electron chi connectivity index (χ4n) is 3.40. The van der Waals surface area contributed by atoms with Gasteiger partial charge in [-0.2, -0.15) is 0 Å². The maximum atomic E-state index is 5.91. The van der Waals surface area contributed by atoms with E-state index >= 15 is 0 Å². The minimum atomic E-state index is 0.375. The standard InChI is InChI=1S/C18H27N3O/c1-3-19-18(21-16-11-15-9-10-17(16)22-15)20-12-13(2)14-7-5-4-6-8-14/h4-8,13,15-17H,3,9-12H2,1-2H3,(H2,19,20,21). The second kappa shape index (κ2) is 7.14. The van der Waals surface area contributed by atoms with Crippen LogP contribution >= 0.6 is 0 Å². The summed E-state index contributed by atoms with van der Waals surface area (Å²) in [5.41, 5.74) is 1.34. The lowest BCUT2D eigenvalue weighted by molar-refractivity contribution is 0.0992. The molecule has 2 N–H and O–H groups in total. The molecule has 2 aliphatic rings. The topological polar surface area (TPSA) is 45.7 Å². The number of nitrogens with zero attached hydrogens (tertiary/aromatic N) is 1. The lowest BCUT2D eigenvalue weighted by Crippen LogP contribution is -2.47. The molecule has 120 valence electrons. The molecule has 4 heteroatoms. The Kier molecular flexibility index (Phi) is 4.98. The Morgan fingerprint density at radius 1 is 1.32 bits per heavy atom. The Bertz CT molecular complexity index is 502. The van der Waals surface area contributed by atoms with Gasteiger partial charge in [-0.15, -0.1) is 0 Å². The number of nitrogens with one attached hydrogen (secondary N) is 2. The van der Waals surface area contributed by atoms with Crippen LogP contribution in [0.1, 0.15) is 44.6 Å². The third-order valence-corrected chi connectivity index (χ3v) is 4.66. The van der Waals surface area contributed by atoms with Crippen LogP contribution in [0, 0.1) is 0 Å². The van der Waals surface area contributed by atoms with E-state index in [0.717, 1.165) is 25.5 Å². The summed E-state index contributed by atoms with van der Waals surface area (Å²) in [6, 6.07) is 11.0. The van der Waals surface area contributed by atoms with E-state index in [-0.39, 0.29) is 0 Å². The first-order valence-corrected chi connectivity index (χ1v) is 8.51. The van der Waals surface area contributed by atoms with Crippen molar-refractivity contribution >= 4 is 5.96 Å². The van der Waals surface area contributed by atoms with Crippen molar-refractivity contribution in [1.29, 1.82) is 0 Å². The molecule has 0 amide bonds. The van der Waals surface area contributed by atoms with Gasteiger partial charge in [-0.1, -0.05) is 37.3 Å². The van der Waals surface area contributed by atoms with Crippen molar-refractivity contribution in [2.75, 3.05) is 13.1 Å². The van der Waals surface area contributed by atoms with E-state index in [4.69, 9.17) is 9.73 Å². The summed E-state index contributed by atoms with van der Waals surface area (Å²) in [6.45, 7) is 6.01. The zero-order valence-electron chi connectivity index (χ0n) is 13.6. The predicted octanol–water partition coefficient (Wildman–Crippen LogP) is 2.67. The van der Waals surface area contributed by atoms with E-state index in [2.05, 4.69) is 54.8 Å². The van der Waals surface area contributed by atoms with Gasteiger partial charge in [-0.05, 0) is 31.7 Å². The monoisotopic (exact) mass is 301 g/mol. The average molecular weight is 301 g/mol. The van der Waals surface area contributed by atoms with Crippen LogP contribution in [-0.2, 0) is 4.74 Å². The van der Waals surface area contributed by atoms with Crippen molar-refractivity contribution < 1.29 is 4.74 Å². The molecule has 4 unspecified atom stereocenters.